The van der Waals surface area contributed by atoms with Crippen LogP contribution in [0.15, 0.2) is 18.2 Å². The lowest BCUT2D eigenvalue weighted by Gasteiger charge is -2.19. The number of rotatable bonds is 4. The van der Waals surface area contributed by atoms with Crippen LogP contribution in [-0.4, -0.2) is 46.3 Å². The molecule has 1 aliphatic heterocycles. The molecule has 2 heterocycles. The van der Waals surface area contributed by atoms with Gasteiger partial charge in [0.25, 0.3) is 0 Å². The molecule has 0 unspecified atom stereocenters. The second-order valence-electron chi connectivity index (χ2n) is 6.33. The summed E-state index contributed by atoms with van der Waals surface area (Å²) >= 11 is 0. The maximum absolute atomic E-state index is 14.0. The molecule has 0 saturated carbocycles. The summed E-state index contributed by atoms with van der Waals surface area (Å²) < 4.78 is 57.7. The molecule has 2 atom stereocenters. The van der Waals surface area contributed by atoms with Gasteiger partial charge < -0.3 is 9.72 Å². The molecule has 0 radical (unpaired) electrons. The Labute approximate surface area is 136 Å². The first-order valence-electron chi connectivity index (χ1n) is 7.79. The third-order valence-corrected chi connectivity index (χ3v) is 4.25. The van der Waals surface area contributed by atoms with E-state index in [2.05, 4.69) is 9.97 Å². The normalized spacial score (nSPS) is 22.8. The van der Waals surface area contributed by atoms with Crippen LogP contribution in [0, 0.1) is 0 Å². The zero-order valence-corrected chi connectivity index (χ0v) is 13.4. The van der Waals surface area contributed by atoms with Gasteiger partial charge in [-0.15, -0.1) is 0 Å². The van der Waals surface area contributed by atoms with E-state index >= 15 is 0 Å². The van der Waals surface area contributed by atoms with E-state index in [1.54, 1.807) is 0 Å². The summed E-state index contributed by atoms with van der Waals surface area (Å²) in [7, 11) is 0. The van der Waals surface area contributed by atoms with Gasteiger partial charge in [-0.1, -0.05) is 0 Å². The van der Waals surface area contributed by atoms with Crippen molar-refractivity contribution in [3.8, 4) is 0 Å². The number of nitrogens with one attached hydrogen (secondary N) is 1. The van der Waals surface area contributed by atoms with Crippen LogP contribution in [0.25, 0.3) is 11.0 Å². The number of likely N-dealkylation sites (tertiary alicyclic amines) is 1. The molecule has 1 aromatic heterocycles. The van der Waals surface area contributed by atoms with Gasteiger partial charge in [0.2, 0.25) is 0 Å². The second-order valence-corrected chi connectivity index (χ2v) is 6.33. The number of halogens is 4. The van der Waals surface area contributed by atoms with E-state index in [9.17, 15) is 17.6 Å². The molecular weight excluding hydrogens is 326 g/mol. The first kappa shape index (κ1) is 17.2. The Kier molecular flexibility index (Phi) is 4.52. The molecule has 24 heavy (non-hydrogen) atoms. The highest BCUT2D eigenvalue weighted by Gasteiger charge is 2.35. The molecule has 1 saturated heterocycles. The summed E-state index contributed by atoms with van der Waals surface area (Å²) in [6, 6.07) is 3.55. The van der Waals surface area contributed by atoms with Crippen LogP contribution in [-0.2, 0) is 17.5 Å². The molecule has 1 aliphatic rings. The summed E-state index contributed by atoms with van der Waals surface area (Å²) in [4.78, 5) is 8.99. The van der Waals surface area contributed by atoms with Crippen LogP contribution >= 0.6 is 0 Å². The fourth-order valence-corrected chi connectivity index (χ4v) is 2.83. The highest BCUT2D eigenvalue weighted by Crippen LogP contribution is 2.31. The van der Waals surface area contributed by atoms with E-state index in [-0.39, 0.29) is 18.2 Å². The lowest BCUT2D eigenvalue weighted by Crippen LogP contribution is -2.29. The zero-order chi connectivity index (χ0) is 17.5. The van der Waals surface area contributed by atoms with Crippen molar-refractivity contribution in [2.45, 2.75) is 44.9 Å². The predicted octanol–water partition coefficient (Wildman–Crippen LogP) is 3.53. The maximum atomic E-state index is 14.0. The van der Waals surface area contributed by atoms with Crippen LogP contribution in [0.4, 0.5) is 17.6 Å². The highest BCUT2D eigenvalue weighted by atomic mass is 19.4. The monoisotopic (exact) mass is 345 g/mol. The Morgan fingerprint density at radius 2 is 2.08 bits per heavy atom. The van der Waals surface area contributed by atoms with E-state index in [4.69, 9.17) is 4.74 Å². The van der Waals surface area contributed by atoms with Crippen molar-refractivity contribution in [3.05, 3.63) is 29.6 Å². The standard InChI is InChI=1S/C16H19F4N3O/c1-9(2)23-6-11(17)14(7-23)24-8-15-21-12-4-3-10(16(18,19)20)5-13(12)22-15/h3-5,9,11,14H,6-8H2,1-2H3,(H,21,22)/t11-,14+/m1/s1. The van der Waals surface area contributed by atoms with Crippen molar-refractivity contribution >= 4 is 11.0 Å². The highest BCUT2D eigenvalue weighted by molar-refractivity contribution is 5.76. The smallest absolute Gasteiger partial charge is 0.366 e. The van der Waals surface area contributed by atoms with Crippen LogP contribution in [0.5, 0.6) is 0 Å². The first-order chi connectivity index (χ1) is 11.2. The van der Waals surface area contributed by atoms with Crippen molar-refractivity contribution in [2.75, 3.05) is 13.1 Å². The van der Waals surface area contributed by atoms with Crippen molar-refractivity contribution in [2.24, 2.45) is 0 Å². The van der Waals surface area contributed by atoms with E-state index in [1.807, 2.05) is 18.7 Å². The minimum absolute atomic E-state index is 0.0348. The van der Waals surface area contributed by atoms with Gasteiger partial charge in [0.15, 0.2) is 0 Å². The summed E-state index contributed by atoms with van der Waals surface area (Å²) in [5, 5.41) is 0. The molecule has 8 heteroatoms. The Balaban J connectivity index is 1.68. The molecule has 3 rings (SSSR count). The van der Waals surface area contributed by atoms with Crippen molar-refractivity contribution in [1.82, 2.24) is 14.9 Å². The SMILES string of the molecule is CC(C)N1C[C@@H](F)[C@@H](OCc2nc3ccc(C(F)(F)F)cc3[nH]2)C1. The average Bonchev–Trinajstić information content (AvgIpc) is 3.06. The summed E-state index contributed by atoms with van der Waals surface area (Å²) in [5.41, 5.74) is -0.0256. The first-order valence-corrected chi connectivity index (χ1v) is 7.79. The van der Waals surface area contributed by atoms with Crippen molar-refractivity contribution in [3.63, 3.8) is 0 Å². The Bertz CT molecular complexity index is 713. The van der Waals surface area contributed by atoms with Gasteiger partial charge in [0.05, 0.1) is 16.6 Å². The van der Waals surface area contributed by atoms with E-state index in [0.29, 0.717) is 24.4 Å². The molecule has 0 spiro atoms. The third-order valence-electron chi connectivity index (χ3n) is 4.25. The second kappa shape index (κ2) is 6.33. The third kappa shape index (κ3) is 3.54. The fraction of sp³-hybridized carbons (Fsp3) is 0.562. The molecule has 0 amide bonds. The van der Waals surface area contributed by atoms with Crippen molar-refractivity contribution in [1.29, 1.82) is 0 Å². The molecule has 0 aliphatic carbocycles. The Morgan fingerprint density at radius 1 is 1.33 bits per heavy atom. The number of benzene rings is 1. The van der Waals surface area contributed by atoms with Crippen LogP contribution in [0.3, 0.4) is 0 Å². The maximum Gasteiger partial charge on any atom is 0.416 e. The summed E-state index contributed by atoms with van der Waals surface area (Å²) in [5.74, 6) is 0.388. The average molecular weight is 345 g/mol. The van der Waals surface area contributed by atoms with Gasteiger partial charge in [-0.25, -0.2) is 9.37 Å². The molecule has 1 N–H and O–H groups in total. The van der Waals surface area contributed by atoms with Crippen molar-refractivity contribution < 1.29 is 22.3 Å². The summed E-state index contributed by atoms with van der Waals surface area (Å²) in [6.45, 7) is 4.85. The molecular formula is C16H19F4N3O. The molecule has 1 aromatic carbocycles. The molecule has 4 nitrogen and oxygen atoms in total. The number of nitrogens with zero attached hydrogens (tertiary/aromatic N) is 2. The number of aromatic amines is 1. The quantitative estimate of drug-likeness (QED) is 0.862. The van der Waals surface area contributed by atoms with Gasteiger partial charge >= 0.3 is 6.18 Å². The Morgan fingerprint density at radius 3 is 2.71 bits per heavy atom. The number of fused-ring (bicyclic) bond motifs is 1. The van der Waals surface area contributed by atoms with E-state index in [1.165, 1.54) is 6.07 Å². The van der Waals surface area contributed by atoms with Crippen LogP contribution in [0.1, 0.15) is 25.2 Å². The number of alkyl halides is 4. The van der Waals surface area contributed by atoms with Crippen LogP contribution < -0.4 is 0 Å². The lowest BCUT2D eigenvalue weighted by molar-refractivity contribution is -0.137. The molecule has 0 bridgehead atoms. The number of hydrogen-bond donors (Lipinski definition) is 1. The predicted molar refractivity (Wildman–Crippen MR) is 81.3 cm³/mol. The minimum Gasteiger partial charge on any atom is -0.366 e. The topological polar surface area (TPSA) is 41.1 Å². The number of H-pyrrole nitrogens is 1. The number of hydrogen-bond acceptors (Lipinski definition) is 3. The fourth-order valence-electron chi connectivity index (χ4n) is 2.83. The summed E-state index contributed by atoms with van der Waals surface area (Å²) in [6.07, 6.45) is -6.03. The zero-order valence-electron chi connectivity index (χ0n) is 13.4. The van der Waals surface area contributed by atoms with E-state index < -0.39 is 24.0 Å². The lowest BCUT2D eigenvalue weighted by atomic mass is 10.2. The van der Waals surface area contributed by atoms with Crippen LogP contribution in [0.2, 0.25) is 0 Å². The van der Waals surface area contributed by atoms with Gasteiger partial charge in [0, 0.05) is 19.1 Å². The molecule has 132 valence electrons. The number of aromatic nitrogens is 2. The van der Waals surface area contributed by atoms with E-state index in [0.717, 1.165) is 12.1 Å². The number of imidazole rings is 1. The molecule has 2 aromatic rings. The largest absolute Gasteiger partial charge is 0.416 e. The van der Waals surface area contributed by atoms with Gasteiger partial charge in [-0.3, -0.25) is 4.90 Å². The number of ether oxygens (including phenoxy) is 1. The van der Waals surface area contributed by atoms with Gasteiger partial charge in [-0.05, 0) is 32.0 Å². The minimum atomic E-state index is -4.40. The Hall–Kier alpha value is -1.67. The van der Waals surface area contributed by atoms with Gasteiger partial charge in [-0.2, -0.15) is 13.2 Å². The molecule has 1 fully saturated rings. The van der Waals surface area contributed by atoms with Gasteiger partial charge in [0.1, 0.15) is 24.7 Å².